The van der Waals surface area contributed by atoms with Gasteiger partial charge in [0.1, 0.15) is 6.61 Å². The smallest absolute Gasteiger partial charge is 0.416 e. The normalized spacial score (nSPS) is 12.1. The van der Waals surface area contributed by atoms with Gasteiger partial charge in [-0.15, -0.1) is 0 Å². The van der Waals surface area contributed by atoms with Gasteiger partial charge in [0.05, 0.1) is 142 Å². The van der Waals surface area contributed by atoms with Crippen molar-refractivity contribution in [3.63, 3.8) is 0 Å². The summed E-state index contributed by atoms with van der Waals surface area (Å²) in [5.41, 5.74) is -0.0959. The molecule has 0 aliphatic rings. The highest BCUT2D eigenvalue weighted by atomic mass is 28.4. The van der Waals surface area contributed by atoms with Gasteiger partial charge in [0.25, 0.3) is 8.32 Å². The van der Waals surface area contributed by atoms with E-state index in [0.717, 1.165) is 12.1 Å². The van der Waals surface area contributed by atoms with E-state index in [2.05, 4.69) is 74.6 Å². The first-order valence-electron chi connectivity index (χ1n) is 22.7. The molecule has 0 aliphatic heterocycles. The molecule has 1 N–H and O–H groups in total. The van der Waals surface area contributed by atoms with E-state index in [9.17, 15) is 18.0 Å². The number of hydrogen-bond donors (Lipinski definition) is 1. The summed E-state index contributed by atoms with van der Waals surface area (Å²) in [6.07, 6.45) is -4.48. The second-order valence-corrected chi connectivity index (χ2v) is 20.2. The Morgan fingerprint density at radius 2 is 0.836 bits per heavy atom. The van der Waals surface area contributed by atoms with Gasteiger partial charge < -0.3 is 57.1 Å². The molecule has 0 atom stereocenters. The number of carbonyl (C=O) groups excluding carboxylic acids is 1. The van der Waals surface area contributed by atoms with E-state index >= 15 is 0 Å². The van der Waals surface area contributed by atoms with Crippen molar-refractivity contribution in [3.05, 3.63) is 120 Å². The van der Waals surface area contributed by atoms with E-state index in [1.165, 1.54) is 28.6 Å². The number of para-hydroxylation sites is 1. The third-order valence-electron chi connectivity index (χ3n) is 10.0. The van der Waals surface area contributed by atoms with Crippen molar-refractivity contribution in [1.82, 2.24) is 0 Å². The van der Waals surface area contributed by atoms with Gasteiger partial charge in [0.15, 0.2) is 0 Å². The largest absolute Gasteiger partial charge is 0.460 e. The van der Waals surface area contributed by atoms with Crippen LogP contribution in [0, 0.1) is 0 Å². The number of esters is 1. The Labute approximate surface area is 394 Å². The Morgan fingerprint density at radius 1 is 0.463 bits per heavy atom. The van der Waals surface area contributed by atoms with Crippen LogP contribution in [-0.4, -0.2) is 146 Å². The third-order valence-corrected chi connectivity index (χ3v) is 15.1. The average molecular weight is 960 g/mol. The summed E-state index contributed by atoms with van der Waals surface area (Å²) in [5.74, 6) is -0.630. The number of ether oxygens (including phenoxy) is 10. The molecule has 0 saturated heterocycles. The van der Waals surface area contributed by atoms with Gasteiger partial charge in [-0.1, -0.05) is 99.6 Å². The molecule has 17 heteroatoms. The van der Waals surface area contributed by atoms with E-state index < -0.39 is 26.0 Å². The summed E-state index contributed by atoms with van der Waals surface area (Å²) in [7, 11) is -2.56. The van der Waals surface area contributed by atoms with Gasteiger partial charge in [-0.05, 0) is 45.7 Å². The first kappa shape index (κ1) is 55.4. The van der Waals surface area contributed by atoms with Crippen molar-refractivity contribution in [2.24, 2.45) is 0 Å². The second-order valence-electron chi connectivity index (χ2n) is 15.9. The highest BCUT2D eigenvalue weighted by Gasteiger charge is 2.50. The topological polar surface area (TPSA) is 131 Å². The minimum atomic E-state index is -4.48. The number of benzene rings is 4. The van der Waals surface area contributed by atoms with Crippen molar-refractivity contribution >= 4 is 36.0 Å². The Balaban J connectivity index is 0.860. The van der Waals surface area contributed by atoms with Crippen LogP contribution in [0.4, 0.5) is 24.5 Å². The number of carbonyl (C=O) groups is 1. The maximum atomic E-state index is 13.1. The highest BCUT2D eigenvalue weighted by molar-refractivity contribution is 6.99. The van der Waals surface area contributed by atoms with Crippen LogP contribution in [0.2, 0.25) is 5.04 Å². The summed E-state index contributed by atoms with van der Waals surface area (Å²) in [6.45, 7) is 14.9. The molecule has 0 unspecified atom stereocenters. The number of nitrogens with one attached hydrogen (secondary N) is 1. The van der Waals surface area contributed by atoms with Crippen molar-refractivity contribution < 1.29 is 69.8 Å². The second kappa shape index (κ2) is 31.7. The summed E-state index contributed by atoms with van der Waals surface area (Å²) < 4.78 is 102. The molecule has 0 spiro atoms. The molecule has 0 aromatic heterocycles. The molecule has 4 rings (SSSR count). The van der Waals surface area contributed by atoms with Gasteiger partial charge >= 0.3 is 12.1 Å². The lowest BCUT2D eigenvalue weighted by atomic mass is 10.1. The molecule has 13 nitrogen and oxygen atoms in total. The van der Waals surface area contributed by atoms with Crippen LogP contribution in [0.5, 0.6) is 0 Å². The van der Waals surface area contributed by atoms with Crippen molar-refractivity contribution in [2.45, 2.75) is 32.0 Å². The maximum absolute atomic E-state index is 13.1. The zero-order chi connectivity index (χ0) is 47.9. The van der Waals surface area contributed by atoms with Crippen molar-refractivity contribution in [3.8, 4) is 0 Å². The highest BCUT2D eigenvalue weighted by Crippen LogP contribution is 2.37. The van der Waals surface area contributed by atoms with Crippen LogP contribution in [0.3, 0.4) is 0 Å². The average Bonchev–Trinajstić information content (AvgIpc) is 3.32. The fourth-order valence-electron chi connectivity index (χ4n) is 6.85. The van der Waals surface area contributed by atoms with Crippen LogP contribution in [0.1, 0.15) is 36.7 Å². The number of hydrogen-bond acceptors (Lipinski definition) is 13. The van der Waals surface area contributed by atoms with Gasteiger partial charge in [0, 0.05) is 5.69 Å². The molecule has 0 saturated carbocycles. The maximum Gasteiger partial charge on any atom is 0.416 e. The van der Waals surface area contributed by atoms with Gasteiger partial charge in [-0.25, -0.2) is 4.79 Å². The third kappa shape index (κ3) is 20.9. The molecule has 4 aromatic rings. The van der Waals surface area contributed by atoms with Crippen molar-refractivity contribution in [2.75, 3.05) is 137 Å². The summed E-state index contributed by atoms with van der Waals surface area (Å²) in [5, 5.41) is 5.29. The van der Waals surface area contributed by atoms with Crippen molar-refractivity contribution in [1.29, 1.82) is 0 Å². The number of anilines is 2. The van der Waals surface area contributed by atoms with E-state index in [4.69, 9.17) is 51.8 Å². The first-order chi connectivity index (χ1) is 32.5. The molecular formula is C50H68F3NO12Si. The fourth-order valence-corrected chi connectivity index (χ4v) is 11.4. The minimum absolute atomic E-state index is 0.00542. The van der Waals surface area contributed by atoms with Gasteiger partial charge in [-0.2, -0.15) is 13.2 Å². The fraction of sp³-hybridized carbons (Fsp3) is 0.500. The lowest BCUT2D eigenvalue weighted by Crippen LogP contribution is -2.66. The van der Waals surface area contributed by atoms with Crippen LogP contribution in [-0.2, 0) is 58.0 Å². The number of halogens is 3. The molecule has 0 fully saturated rings. The molecule has 67 heavy (non-hydrogen) atoms. The molecule has 4 aromatic carbocycles. The van der Waals surface area contributed by atoms with E-state index in [0.29, 0.717) is 125 Å². The molecular weight excluding hydrogens is 892 g/mol. The Bertz CT molecular complexity index is 1870. The van der Waals surface area contributed by atoms with Gasteiger partial charge in [0.2, 0.25) is 0 Å². The molecule has 0 heterocycles. The van der Waals surface area contributed by atoms with E-state index in [-0.39, 0.29) is 29.5 Å². The molecule has 0 radical (unpaired) electrons. The minimum Gasteiger partial charge on any atom is -0.460 e. The molecule has 370 valence electrons. The zero-order valence-corrected chi connectivity index (χ0v) is 40.1. The standard InChI is InChI=1S/C50H68F3NO12Si/c1-49(2,3)67(44-15-6-4-7-16-44,45-17-8-5-9-18-45)66-40-38-64-36-34-62-32-30-60-28-26-58-24-22-56-21-23-57-25-27-59-29-31-61-33-35-63-37-39-65-48(55)46-19-10-11-20-47(46)54-43-14-12-13-42(41-43)50(51,52)53/h4-20,41,54H,21-40H2,1-3H3. The van der Waals surface area contributed by atoms with Crippen LogP contribution in [0.15, 0.2) is 109 Å². The Kier molecular flexibility index (Phi) is 26.2. The molecule has 0 aliphatic carbocycles. The molecule has 0 bridgehead atoms. The SMILES string of the molecule is CC(C)(C)[Si](OCCOCCOCCOCCOCCOCCOCCOCCOCCOCCOC(=O)c1ccccc1Nc1cccc(C(F)(F)F)c1)(c1ccccc1)c1ccccc1. The first-order valence-corrected chi connectivity index (χ1v) is 24.6. The molecule has 0 amide bonds. The van der Waals surface area contributed by atoms with Gasteiger partial charge in [-0.3, -0.25) is 0 Å². The van der Waals surface area contributed by atoms with E-state index in [1.54, 1.807) is 18.2 Å². The summed E-state index contributed by atoms with van der Waals surface area (Å²) in [4.78, 5) is 12.6. The van der Waals surface area contributed by atoms with E-state index in [1.807, 2.05) is 12.1 Å². The summed E-state index contributed by atoms with van der Waals surface area (Å²) >= 11 is 0. The predicted molar refractivity (Wildman–Crippen MR) is 252 cm³/mol. The van der Waals surface area contributed by atoms with Crippen LogP contribution >= 0.6 is 0 Å². The lowest BCUT2D eigenvalue weighted by Gasteiger charge is -2.43. The number of rotatable bonds is 36. The quantitative estimate of drug-likeness (QED) is 0.0278. The lowest BCUT2D eigenvalue weighted by molar-refractivity contribution is -0.137. The Morgan fingerprint density at radius 3 is 1.24 bits per heavy atom. The zero-order valence-electron chi connectivity index (χ0n) is 39.1. The van der Waals surface area contributed by atoms with Crippen LogP contribution < -0.4 is 15.7 Å². The van der Waals surface area contributed by atoms with Crippen LogP contribution in [0.25, 0.3) is 0 Å². The predicted octanol–water partition coefficient (Wildman–Crippen LogP) is 7.33. The summed E-state index contributed by atoms with van der Waals surface area (Å²) in [6, 6.07) is 32.3. The number of alkyl halides is 3. The monoisotopic (exact) mass is 959 g/mol. The Hall–Kier alpha value is -4.24.